The number of ether oxygens (including phenoxy) is 2. The van der Waals surface area contributed by atoms with Gasteiger partial charge in [-0.3, -0.25) is 0 Å². The first-order valence-corrected chi connectivity index (χ1v) is 5.15. The van der Waals surface area contributed by atoms with Crippen LogP contribution in [0.3, 0.4) is 0 Å². The zero-order valence-corrected chi connectivity index (χ0v) is 9.60. The molecule has 16 heavy (non-hydrogen) atoms. The standard InChI is InChI=1S/C11H16O5/c1-6(2)10(8-5-15-8)16-11(14)7(3)4-9(12)13/h4,6,8,10H,5H2,1-3H3,(H,12,13)/b7-4-. The summed E-state index contributed by atoms with van der Waals surface area (Å²) in [6, 6.07) is 0. The molecule has 1 aliphatic rings. The van der Waals surface area contributed by atoms with Crippen LogP contribution in [0.4, 0.5) is 0 Å². The molecule has 1 fully saturated rings. The van der Waals surface area contributed by atoms with Gasteiger partial charge in [0, 0.05) is 11.6 Å². The van der Waals surface area contributed by atoms with E-state index in [1.807, 2.05) is 13.8 Å². The lowest BCUT2D eigenvalue weighted by Gasteiger charge is -2.19. The van der Waals surface area contributed by atoms with Crippen LogP contribution >= 0.6 is 0 Å². The third-order valence-electron chi connectivity index (χ3n) is 2.29. The maximum Gasteiger partial charge on any atom is 0.334 e. The molecule has 0 aromatic carbocycles. The number of hydrogen-bond donors (Lipinski definition) is 1. The third-order valence-corrected chi connectivity index (χ3v) is 2.29. The number of carbonyl (C=O) groups excluding carboxylic acids is 1. The predicted molar refractivity (Wildman–Crippen MR) is 55.9 cm³/mol. The zero-order valence-electron chi connectivity index (χ0n) is 9.60. The SMILES string of the molecule is C/C(=C/C(=O)O)C(=O)OC(C(C)C)C1CO1. The third kappa shape index (κ3) is 3.66. The topological polar surface area (TPSA) is 76.1 Å². The van der Waals surface area contributed by atoms with Gasteiger partial charge in [-0.15, -0.1) is 0 Å². The van der Waals surface area contributed by atoms with Crippen molar-refractivity contribution < 1.29 is 24.2 Å². The normalized spacial score (nSPS) is 21.8. The van der Waals surface area contributed by atoms with Gasteiger partial charge in [0.15, 0.2) is 0 Å². The summed E-state index contributed by atoms with van der Waals surface area (Å²) in [7, 11) is 0. The van der Waals surface area contributed by atoms with Crippen LogP contribution in [0.15, 0.2) is 11.6 Å². The fraction of sp³-hybridized carbons (Fsp3) is 0.636. The monoisotopic (exact) mass is 228 g/mol. The summed E-state index contributed by atoms with van der Waals surface area (Å²) in [6.07, 6.45) is 0.499. The first kappa shape index (κ1) is 12.7. The van der Waals surface area contributed by atoms with Crippen LogP contribution in [0.25, 0.3) is 0 Å². The van der Waals surface area contributed by atoms with Crippen molar-refractivity contribution >= 4 is 11.9 Å². The molecular weight excluding hydrogens is 212 g/mol. The summed E-state index contributed by atoms with van der Waals surface area (Å²) in [5.41, 5.74) is 0.0822. The Bertz CT molecular complexity index is 312. The smallest absolute Gasteiger partial charge is 0.334 e. The Balaban J connectivity index is 2.57. The quantitative estimate of drug-likeness (QED) is 0.431. The van der Waals surface area contributed by atoms with Crippen LogP contribution in [0.2, 0.25) is 0 Å². The Labute approximate surface area is 94.0 Å². The molecule has 0 aliphatic carbocycles. The zero-order chi connectivity index (χ0) is 12.3. The molecule has 1 N–H and O–H groups in total. The first-order valence-electron chi connectivity index (χ1n) is 5.15. The molecule has 1 saturated heterocycles. The lowest BCUT2D eigenvalue weighted by molar-refractivity contribution is -0.148. The lowest BCUT2D eigenvalue weighted by Crippen LogP contribution is -2.29. The van der Waals surface area contributed by atoms with Gasteiger partial charge >= 0.3 is 11.9 Å². The van der Waals surface area contributed by atoms with E-state index in [1.165, 1.54) is 6.92 Å². The Morgan fingerprint density at radius 2 is 2.06 bits per heavy atom. The maximum absolute atomic E-state index is 11.5. The van der Waals surface area contributed by atoms with Gasteiger partial charge < -0.3 is 14.6 Å². The van der Waals surface area contributed by atoms with Crippen molar-refractivity contribution in [3.8, 4) is 0 Å². The number of epoxide rings is 1. The van der Waals surface area contributed by atoms with E-state index >= 15 is 0 Å². The van der Waals surface area contributed by atoms with E-state index in [4.69, 9.17) is 14.6 Å². The second-order valence-electron chi connectivity index (χ2n) is 4.15. The molecule has 1 rings (SSSR count). The Kier molecular flexibility index (Phi) is 4.06. The van der Waals surface area contributed by atoms with Gasteiger partial charge in [-0.25, -0.2) is 9.59 Å². The van der Waals surface area contributed by atoms with Gasteiger partial charge in [-0.1, -0.05) is 13.8 Å². The van der Waals surface area contributed by atoms with Crippen LogP contribution in [-0.2, 0) is 19.1 Å². The van der Waals surface area contributed by atoms with Gasteiger partial charge in [0.25, 0.3) is 0 Å². The number of carbonyl (C=O) groups is 2. The van der Waals surface area contributed by atoms with E-state index in [9.17, 15) is 9.59 Å². The highest BCUT2D eigenvalue weighted by atomic mass is 16.6. The molecule has 0 amide bonds. The first-order chi connectivity index (χ1) is 7.41. The molecule has 90 valence electrons. The van der Waals surface area contributed by atoms with Crippen molar-refractivity contribution in [2.45, 2.75) is 33.0 Å². The molecule has 1 heterocycles. The van der Waals surface area contributed by atoms with Gasteiger partial charge in [0.05, 0.1) is 6.61 Å². The number of rotatable bonds is 5. The molecule has 1 aliphatic heterocycles. The van der Waals surface area contributed by atoms with Crippen molar-refractivity contribution in [3.63, 3.8) is 0 Å². The van der Waals surface area contributed by atoms with Crippen LogP contribution in [0.5, 0.6) is 0 Å². The molecule has 0 spiro atoms. The summed E-state index contributed by atoms with van der Waals surface area (Å²) in [4.78, 5) is 21.9. The predicted octanol–water partition coefficient (Wildman–Crippen LogP) is 0.984. The van der Waals surface area contributed by atoms with Crippen molar-refractivity contribution in [3.05, 3.63) is 11.6 Å². The maximum atomic E-state index is 11.5. The van der Waals surface area contributed by atoms with E-state index in [-0.39, 0.29) is 23.7 Å². The van der Waals surface area contributed by atoms with Crippen LogP contribution in [0.1, 0.15) is 20.8 Å². The summed E-state index contributed by atoms with van der Waals surface area (Å²) in [6.45, 7) is 5.87. The Hall–Kier alpha value is -1.36. The summed E-state index contributed by atoms with van der Waals surface area (Å²) in [5.74, 6) is -1.61. The van der Waals surface area contributed by atoms with Crippen molar-refractivity contribution in [1.29, 1.82) is 0 Å². The van der Waals surface area contributed by atoms with Crippen LogP contribution in [-0.4, -0.2) is 35.9 Å². The molecule has 0 aromatic heterocycles. The Morgan fingerprint density at radius 1 is 1.50 bits per heavy atom. The molecule has 5 heteroatoms. The fourth-order valence-electron chi connectivity index (χ4n) is 1.35. The van der Waals surface area contributed by atoms with E-state index in [2.05, 4.69) is 0 Å². The van der Waals surface area contributed by atoms with Crippen molar-refractivity contribution in [2.24, 2.45) is 5.92 Å². The molecule has 0 aromatic rings. The number of hydrogen-bond acceptors (Lipinski definition) is 4. The molecule has 2 unspecified atom stereocenters. The minimum atomic E-state index is -1.15. The van der Waals surface area contributed by atoms with Crippen LogP contribution < -0.4 is 0 Å². The average molecular weight is 228 g/mol. The number of esters is 1. The van der Waals surface area contributed by atoms with Gasteiger partial charge in [-0.2, -0.15) is 0 Å². The highest BCUT2D eigenvalue weighted by Gasteiger charge is 2.37. The average Bonchev–Trinajstić information content (AvgIpc) is 2.95. The summed E-state index contributed by atoms with van der Waals surface area (Å²) < 4.78 is 10.3. The van der Waals surface area contributed by atoms with Crippen molar-refractivity contribution in [2.75, 3.05) is 6.61 Å². The number of carboxylic acids is 1. The molecule has 0 bridgehead atoms. The van der Waals surface area contributed by atoms with E-state index < -0.39 is 11.9 Å². The van der Waals surface area contributed by atoms with Gasteiger partial charge in [-0.05, 0) is 12.8 Å². The largest absolute Gasteiger partial charge is 0.478 e. The minimum absolute atomic E-state index is 0.0402. The van der Waals surface area contributed by atoms with Crippen LogP contribution in [0, 0.1) is 5.92 Å². The lowest BCUT2D eigenvalue weighted by atomic mass is 10.0. The highest BCUT2D eigenvalue weighted by Crippen LogP contribution is 2.24. The Morgan fingerprint density at radius 3 is 2.44 bits per heavy atom. The highest BCUT2D eigenvalue weighted by molar-refractivity contribution is 5.95. The minimum Gasteiger partial charge on any atom is -0.478 e. The fourth-order valence-corrected chi connectivity index (χ4v) is 1.35. The second-order valence-corrected chi connectivity index (χ2v) is 4.15. The molecule has 0 radical (unpaired) electrons. The summed E-state index contributed by atoms with van der Waals surface area (Å²) >= 11 is 0. The molecular formula is C11H16O5. The second kappa shape index (κ2) is 5.12. The summed E-state index contributed by atoms with van der Waals surface area (Å²) in [5, 5.41) is 8.49. The molecule has 2 atom stereocenters. The van der Waals surface area contributed by atoms with E-state index in [0.29, 0.717) is 6.61 Å². The van der Waals surface area contributed by atoms with Gasteiger partial charge in [0.2, 0.25) is 0 Å². The number of aliphatic carboxylic acids is 1. The number of carboxylic acid groups (broad SMARTS) is 1. The van der Waals surface area contributed by atoms with E-state index in [0.717, 1.165) is 6.08 Å². The van der Waals surface area contributed by atoms with Crippen molar-refractivity contribution in [1.82, 2.24) is 0 Å². The molecule has 0 saturated carbocycles. The van der Waals surface area contributed by atoms with Gasteiger partial charge in [0.1, 0.15) is 12.2 Å². The molecule has 5 nitrogen and oxygen atoms in total. The van der Waals surface area contributed by atoms with E-state index in [1.54, 1.807) is 0 Å².